The van der Waals surface area contributed by atoms with Gasteiger partial charge in [0.15, 0.2) is 0 Å². The van der Waals surface area contributed by atoms with Crippen LogP contribution in [0.2, 0.25) is 5.02 Å². The smallest absolute Gasteiger partial charge is 0.337 e. The van der Waals surface area contributed by atoms with Gasteiger partial charge in [-0.1, -0.05) is 35.9 Å². The van der Waals surface area contributed by atoms with Gasteiger partial charge in [0.05, 0.1) is 15.5 Å². The Morgan fingerprint density at radius 2 is 1.77 bits per heavy atom. The first kappa shape index (κ1) is 16.5. The molecule has 116 valence electrons. The average molecular weight is 340 g/mol. The normalized spacial score (nSPS) is 11.6. The van der Waals surface area contributed by atoms with Crippen molar-refractivity contribution in [3.63, 3.8) is 0 Å². The summed E-state index contributed by atoms with van der Waals surface area (Å²) in [7, 11) is -0.729. The lowest BCUT2D eigenvalue weighted by molar-refractivity contribution is 0.0698. The summed E-state index contributed by atoms with van der Waals surface area (Å²) in [4.78, 5) is 11.5. The van der Waals surface area contributed by atoms with Crippen molar-refractivity contribution >= 4 is 27.6 Å². The zero-order chi connectivity index (χ0) is 16.5. The number of carbonyl (C=O) groups is 1. The molecule has 0 bridgehead atoms. The molecule has 1 N–H and O–H groups in total. The molecule has 0 saturated carbocycles. The molecule has 0 fully saturated rings. The van der Waals surface area contributed by atoms with Crippen LogP contribution in [0.1, 0.15) is 10.4 Å². The van der Waals surface area contributed by atoms with Crippen LogP contribution in [-0.4, -0.2) is 37.9 Å². The number of hydrogen-bond acceptors (Lipinski definition) is 3. The Kier molecular flexibility index (Phi) is 4.55. The molecule has 0 aromatic heterocycles. The monoisotopic (exact) mass is 339 g/mol. The van der Waals surface area contributed by atoms with Gasteiger partial charge < -0.3 is 5.11 Å². The first-order valence-corrected chi connectivity index (χ1v) is 8.11. The molecule has 22 heavy (non-hydrogen) atoms. The molecule has 5 nitrogen and oxygen atoms in total. The van der Waals surface area contributed by atoms with E-state index in [1.807, 2.05) is 0 Å². The zero-order valence-corrected chi connectivity index (χ0v) is 13.5. The maximum atomic E-state index is 12.2. The van der Waals surface area contributed by atoms with Gasteiger partial charge in [-0.3, -0.25) is 0 Å². The highest BCUT2D eigenvalue weighted by Gasteiger charge is 2.20. The van der Waals surface area contributed by atoms with Crippen LogP contribution in [0.15, 0.2) is 47.4 Å². The molecule has 0 heterocycles. The van der Waals surface area contributed by atoms with Crippen LogP contribution >= 0.6 is 11.6 Å². The zero-order valence-electron chi connectivity index (χ0n) is 11.9. The Labute approximate surface area is 133 Å². The van der Waals surface area contributed by atoms with Crippen molar-refractivity contribution in [2.45, 2.75) is 4.90 Å². The lowest BCUT2D eigenvalue weighted by Gasteiger charge is -2.13. The summed E-state index contributed by atoms with van der Waals surface area (Å²) in [5, 5.41) is 9.42. The Bertz CT molecular complexity index is 831. The summed E-state index contributed by atoms with van der Waals surface area (Å²) in [5.41, 5.74) is 0.794. The molecule has 0 radical (unpaired) electrons. The van der Waals surface area contributed by atoms with Gasteiger partial charge in [0.25, 0.3) is 0 Å². The molecule has 0 saturated heterocycles. The first-order valence-electron chi connectivity index (χ1n) is 6.30. The Morgan fingerprint density at radius 3 is 2.36 bits per heavy atom. The summed E-state index contributed by atoms with van der Waals surface area (Å²) < 4.78 is 25.5. The Hall–Kier alpha value is -1.89. The molecular weight excluding hydrogens is 326 g/mol. The number of carboxylic acid groups (broad SMARTS) is 1. The summed E-state index contributed by atoms with van der Waals surface area (Å²) in [5.74, 6) is -1.17. The standard InChI is InChI=1S/C15H14ClNO4S/c1-17(2)22(20,21)11-6-3-5-10(9-11)12-7-4-8-13(16)14(12)15(18)19/h3-9H,1-2H3,(H,18,19). The Morgan fingerprint density at radius 1 is 1.14 bits per heavy atom. The van der Waals surface area contributed by atoms with E-state index in [0.29, 0.717) is 11.1 Å². The number of hydrogen-bond donors (Lipinski definition) is 1. The summed E-state index contributed by atoms with van der Waals surface area (Å²) >= 11 is 5.95. The maximum Gasteiger partial charge on any atom is 0.337 e. The molecule has 0 aliphatic rings. The molecule has 2 aromatic carbocycles. The lowest BCUT2D eigenvalue weighted by atomic mass is 10.00. The predicted octanol–water partition coefficient (Wildman–Crippen LogP) is 2.96. The van der Waals surface area contributed by atoms with Gasteiger partial charge in [-0.2, -0.15) is 0 Å². The third kappa shape index (κ3) is 2.99. The largest absolute Gasteiger partial charge is 0.478 e. The molecule has 0 aliphatic carbocycles. The number of rotatable bonds is 4. The SMILES string of the molecule is CN(C)S(=O)(=O)c1cccc(-c2cccc(Cl)c2C(=O)O)c1. The minimum atomic E-state index is -3.60. The third-order valence-corrected chi connectivity index (χ3v) is 5.28. The van der Waals surface area contributed by atoms with Crippen LogP contribution in [0.3, 0.4) is 0 Å². The van der Waals surface area contributed by atoms with Gasteiger partial charge >= 0.3 is 5.97 Å². The van der Waals surface area contributed by atoms with Crippen molar-refractivity contribution in [1.82, 2.24) is 4.31 Å². The highest BCUT2D eigenvalue weighted by molar-refractivity contribution is 7.89. The van der Waals surface area contributed by atoms with Crippen LogP contribution in [0.5, 0.6) is 0 Å². The second-order valence-electron chi connectivity index (χ2n) is 4.78. The fourth-order valence-corrected chi connectivity index (χ4v) is 3.22. The lowest BCUT2D eigenvalue weighted by Crippen LogP contribution is -2.22. The number of benzene rings is 2. The number of carboxylic acids is 1. The van der Waals surface area contributed by atoms with E-state index in [4.69, 9.17) is 11.6 Å². The quantitative estimate of drug-likeness (QED) is 0.929. The summed E-state index contributed by atoms with van der Waals surface area (Å²) in [6, 6.07) is 10.8. The molecule has 2 aromatic rings. The van der Waals surface area contributed by atoms with Crippen LogP contribution in [-0.2, 0) is 10.0 Å². The number of sulfonamides is 1. The van der Waals surface area contributed by atoms with E-state index in [1.54, 1.807) is 24.3 Å². The minimum absolute atomic E-state index is 0.0523. The van der Waals surface area contributed by atoms with Crippen molar-refractivity contribution in [1.29, 1.82) is 0 Å². The highest BCUT2D eigenvalue weighted by atomic mass is 35.5. The molecule has 2 rings (SSSR count). The van der Waals surface area contributed by atoms with Gasteiger partial charge in [-0.15, -0.1) is 0 Å². The van der Waals surface area contributed by atoms with Crippen molar-refractivity contribution in [2.75, 3.05) is 14.1 Å². The van der Waals surface area contributed by atoms with E-state index < -0.39 is 16.0 Å². The second kappa shape index (κ2) is 6.08. The van der Waals surface area contributed by atoms with E-state index in [-0.39, 0.29) is 15.5 Å². The van der Waals surface area contributed by atoms with Gasteiger partial charge in [0.2, 0.25) is 10.0 Å². The molecule has 7 heteroatoms. The van der Waals surface area contributed by atoms with E-state index in [0.717, 1.165) is 4.31 Å². The van der Waals surface area contributed by atoms with Crippen molar-refractivity contribution < 1.29 is 18.3 Å². The van der Waals surface area contributed by atoms with Crippen LogP contribution in [0.25, 0.3) is 11.1 Å². The second-order valence-corrected chi connectivity index (χ2v) is 7.34. The maximum absolute atomic E-state index is 12.2. The van der Waals surface area contributed by atoms with Crippen molar-refractivity contribution in [2.24, 2.45) is 0 Å². The van der Waals surface area contributed by atoms with Gasteiger partial charge in [-0.25, -0.2) is 17.5 Å². The van der Waals surface area contributed by atoms with Gasteiger partial charge in [0, 0.05) is 14.1 Å². The number of halogens is 1. The average Bonchev–Trinajstić information content (AvgIpc) is 2.46. The molecule has 0 spiro atoms. The third-order valence-electron chi connectivity index (χ3n) is 3.15. The number of aromatic carboxylic acids is 1. The molecule has 0 amide bonds. The van der Waals surface area contributed by atoms with Gasteiger partial charge in [-0.05, 0) is 29.3 Å². The fourth-order valence-electron chi connectivity index (χ4n) is 2.02. The Balaban J connectivity index is 2.67. The van der Waals surface area contributed by atoms with Crippen molar-refractivity contribution in [3.8, 4) is 11.1 Å². The number of nitrogens with zero attached hydrogens (tertiary/aromatic N) is 1. The first-order chi connectivity index (χ1) is 10.2. The fraction of sp³-hybridized carbons (Fsp3) is 0.133. The minimum Gasteiger partial charge on any atom is -0.478 e. The molecular formula is C15H14ClNO4S. The van der Waals surface area contributed by atoms with Gasteiger partial charge in [0.1, 0.15) is 0 Å². The molecule has 0 unspecified atom stereocenters. The van der Waals surface area contributed by atoms with Crippen molar-refractivity contribution in [3.05, 3.63) is 53.1 Å². The van der Waals surface area contributed by atoms with E-state index in [9.17, 15) is 18.3 Å². The van der Waals surface area contributed by atoms with E-state index >= 15 is 0 Å². The van der Waals surface area contributed by atoms with Crippen LogP contribution < -0.4 is 0 Å². The van der Waals surface area contributed by atoms with E-state index in [2.05, 4.69) is 0 Å². The van der Waals surface area contributed by atoms with E-state index in [1.165, 1.54) is 32.3 Å². The van der Waals surface area contributed by atoms with Crippen LogP contribution in [0, 0.1) is 0 Å². The van der Waals surface area contributed by atoms with Crippen LogP contribution in [0.4, 0.5) is 0 Å². The summed E-state index contributed by atoms with van der Waals surface area (Å²) in [6.45, 7) is 0. The molecule has 0 aliphatic heterocycles. The topological polar surface area (TPSA) is 74.7 Å². The highest BCUT2D eigenvalue weighted by Crippen LogP contribution is 2.30. The molecule has 0 atom stereocenters. The summed E-state index contributed by atoms with van der Waals surface area (Å²) in [6.07, 6.45) is 0. The predicted molar refractivity (Wildman–Crippen MR) is 84.7 cm³/mol.